The second kappa shape index (κ2) is 9.20. The van der Waals surface area contributed by atoms with Crippen molar-refractivity contribution < 1.29 is 18.7 Å². The standard InChI is InChI=1S/C23H18N2O4/c1-3-13-28-23(27)18-6-4-5-17(14-18)22-12-11-21(29-22)15-24-19-7-9-20(10-8-19)25-16(2)26/h1,4-12,14-15H,13H2,2H3,(H,25,26). The number of aliphatic imine (C=N–C) groups is 1. The predicted octanol–water partition coefficient (Wildman–Crippen LogP) is 4.45. The highest BCUT2D eigenvalue weighted by molar-refractivity contribution is 5.91. The summed E-state index contributed by atoms with van der Waals surface area (Å²) in [4.78, 5) is 27.3. The molecule has 0 saturated heterocycles. The summed E-state index contributed by atoms with van der Waals surface area (Å²) in [6, 6.07) is 17.6. The Hall–Kier alpha value is -4.11. The van der Waals surface area contributed by atoms with Crippen molar-refractivity contribution in [1.82, 2.24) is 0 Å². The van der Waals surface area contributed by atoms with E-state index in [1.165, 1.54) is 6.92 Å². The van der Waals surface area contributed by atoms with Gasteiger partial charge in [-0.2, -0.15) is 0 Å². The molecule has 0 aliphatic heterocycles. The summed E-state index contributed by atoms with van der Waals surface area (Å²) in [6.07, 6.45) is 6.70. The molecule has 1 aromatic heterocycles. The van der Waals surface area contributed by atoms with Crippen LogP contribution in [0.25, 0.3) is 11.3 Å². The van der Waals surface area contributed by atoms with Crippen LogP contribution in [0.1, 0.15) is 23.0 Å². The lowest BCUT2D eigenvalue weighted by atomic mass is 10.1. The number of anilines is 1. The molecule has 0 bridgehead atoms. The second-order valence-corrected chi connectivity index (χ2v) is 6.05. The molecule has 144 valence electrons. The minimum absolute atomic E-state index is 0.0732. The summed E-state index contributed by atoms with van der Waals surface area (Å²) in [5, 5.41) is 2.70. The van der Waals surface area contributed by atoms with Crippen LogP contribution in [0, 0.1) is 12.3 Å². The molecule has 0 aliphatic rings. The van der Waals surface area contributed by atoms with Gasteiger partial charge >= 0.3 is 5.97 Å². The number of carbonyl (C=O) groups is 2. The van der Waals surface area contributed by atoms with E-state index in [-0.39, 0.29) is 12.5 Å². The molecule has 0 radical (unpaired) electrons. The summed E-state index contributed by atoms with van der Waals surface area (Å²) in [5.74, 6) is 2.81. The number of nitrogens with one attached hydrogen (secondary N) is 1. The van der Waals surface area contributed by atoms with Gasteiger partial charge in [-0.1, -0.05) is 18.1 Å². The number of rotatable bonds is 6. The van der Waals surface area contributed by atoms with Gasteiger partial charge in [-0.25, -0.2) is 4.79 Å². The number of ether oxygens (including phenoxy) is 1. The van der Waals surface area contributed by atoms with Crippen LogP contribution in [0.2, 0.25) is 0 Å². The Balaban J connectivity index is 1.71. The molecule has 0 spiro atoms. The zero-order valence-corrected chi connectivity index (χ0v) is 15.7. The SMILES string of the molecule is C#CCOC(=O)c1cccc(-c2ccc(C=Nc3ccc(NC(C)=O)cc3)o2)c1. The highest BCUT2D eigenvalue weighted by Crippen LogP contribution is 2.23. The summed E-state index contributed by atoms with van der Waals surface area (Å²) < 4.78 is 10.7. The Bertz CT molecular complexity index is 1090. The van der Waals surface area contributed by atoms with Gasteiger partial charge < -0.3 is 14.5 Å². The molecule has 3 rings (SSSR count). The van der Waals surface area contributed by atoms with Gasteiger partial charge in [-0.05, 0) is 48.5 Å². The van der Waals surface area contributed by atoms with Gasteiger partial charge in [0.1, 0.15) is 11.5 Å². The number of furan rings is 1. The van der Waals surface area contributed by atoms with Gasteiger partial charge in [0.2, 0.25) is 5.91 Å². The van der Waals surface area contributed by atoms with Crippen molar-refractivity contribution in [1.29, 1.82) is 0 Å². The third-order valence-electron chi connectivity index (χ3n) is 3.82. The van der Waals surface area contributed by atoms with Crippen LogP contribution < -0.4 is 5.32 Å². The zero-order chi connectivity index (χ0) is 20.6. The Labute approximate surface area is 168 Å². The van der Waals surface area contributed by atoms with Gasteiger partial charge in [0, 0.05) is 18.2 Å². The molecule has 6 nitrogen and oxygen atoms in total. The number of benzene rings is 2. The van der Waals surface area contributed by atoms with Gasteiger partial charge in [-0.15, -0.1) is 6.42 Å². The van der Waals surface area contributed by atoms with E-state index in [9.17, 15) is 9.59 Å². The van der Waals surface area contributed by atoms with Crippen molar-refractivity contribution in [2.24, 2.45) is 4.99 Å². The third kappa shape index (κ3) is 5.44. The van der Waals surface area contributed by atoms with E-state index in [4.69, 9.17) is 15.6 Å². The smallest absolute Gasteiger partial charge is 0.339 e. The van der Waals surface area contributed by atoms with E-state index >= 15 is 0 Å². The fourth-order valence-electron chi connectivity index (χ4n) is 2.54. The lowest BCUT2D eigenvalue weighted by Crippen LogP contribution is -2.05. The maximum absolute atomic E-state index is 11.9. The van der Waals surface area contributed by atoms with E-state index < -0.39 is 5.97 Å². The molecule has 0 aliphatic carbocycles. The second-order valence-electron chi connectivity index (χ2n) is 6.05. The Kier molecular flexibility index (Phi) is 6.23. The minimum Gasteiger partial charge on any atom is -0.455 e. The average Bonchev–Trinajstić information content (AvgIpc) is 3.20. The molecular weight excluding hydrogens is 368 g/mol. The first-order valence-electron chi connectivity index (χ1n) is 8.78. The molecular formula is C23H18N2O4. The summed E-state index contributed by atoms with van der Waals surface area (Å²) in [6.45, 7) is 1.38. The fraction of sp³-hybridized carbons (Fsp3) is 0.0870. The maximum Gasteiger partial charge on any atom is 0.339 e. The number of nitrogens with zero attached hydrogens (tertiary/aromatic N) is 1. The number of hydrogen-bond donors (Lipinski definition) is 1. The highest BCUT2D eigenvalue weighted by Gasteiger charge is 2.10. The molecule has 0 atom stereocenters. The monoisotopic (exact) mass is 386 g/mol. The number of esters is 1. The third-order valence-corrected chi connectivity index (χ3v) is 3.82. The van der Waals surface area contributed by atoms with Crippen LogP contribution >= 0.6 is 0 Å². The summed E-state index contributed by atoms with van der Waals surface area (Å²) in [5.41, 5.74) is 2.55. The van der Waals surface area contributed by atoms with Crippen molar-refractivity contribution in [2.45, 2.75) is 6.92 Å². The van der Waals surface area contributed by atoms with Gasteiger partial charge in [0.15, 0.2) is 6.61 Å². The number of carbonyl (C=O) groups excluding carboxylic acids is 2. The maximum atomic E-state index is 11.9. The van der Waals surface area contributed by atoms with Crippen LogP contribution in [-0.4, -0.2) is 24.7 Å². The zero-order valence-electron chi connectivity index (χ0n) is 15.7. The van der Waals surface area contributed by atoms with Crippen molar-refractivity contribution in [2.75, 3.05) is 11.9 Å². The lowest BCUT2D eigenvalue weighted by molar-refractivity contribution is -0.114. The summed E-state index contributed by atoms with van der Waals surface area (Å²) in [7, 11) is 0. The van der Waals surface area contributed by atoms with Crippen LogP contribution in [0.3, 0.4) is 0 Å². The van der Waals surface area contributed by atoms with Crippen molar-refractivity contribution >= 4 is 29.5 Å². The molecule has 0 saturated carbocycles. The Morgan fingerprint density at radius 2 is 1.97 bits per heavy atom. The van der Waals surface area contributed by atoms with E-state index in [0.29, 0.717) is 22.8 Å². The number of hydrogen-bond acceptors (Lipinski definition) is 5. The average molecular weight is 386 g/mol. The van der Waals surface area contributed by atoms with Gasteiger partial charge in [0.05, 0.1) is 17.5 Å². The Morgan fingerprint density at radius 3 is 2.69 bits per heavy atom. The van der Waals surface area contributed by atoms with Crippen LogP contribution in [0.15, 0.2) is 70.1 Å². The van der Waals surface area contributed by atoms with Crippen LogP contribution in [-0.2, 0) is 9.53 Å². The lowest BCUT2D eigenvalue weighted by Gasteiger charge is -2.03. The fourth-order valence-corrected chi connectivity index (χ4v) is 2.54. The molecule has 0 unspecified atom stereocenters. The highest BCUT2D eigenvalue weighted by atomic mass is 16.5. The topological polar surface area (TPSA) is 80.9 Å². The van der Waals surface area contributed by atoms with Gasteiger partial charge in [0.25, 0.3) is 0 Å². The van der Waals surface area contributed by atoms with Crippen LogP contribution in [0.5, 0.6) is 0 Å². The van der Waals surface area contributed by atoms with E-state index in [0.717, 1.165) is 11.3 Å². The Morgan fingerprint density at radius 1 is 1.17 bits per heavy atom. The largest absolute Gasteiger partial charge is 0.455 e. The van der Waals surface area contributed by atoms with Crippen LogP contribution in [0.4, 0.5) is 11.4 Å². The number of terminal acetylenes is 1. The molecule has 6 heteroatoms. The molecule has 0 fully saturated rings. The minimum atomic E-state index is -0.485. The van der Waals surface area contributed by atoms with E-state index in [1.807, 2.05) is 6.07 Å². The first-order chi connectivity index (χ1) is 14.0. The molecule has 1 heterocycles. The van der Waals surface area contributed by atoms with Crippen molar-refractivity contribution in [3.8, 4) is 23.7 Å². The quantitative estimate of drug-likeness (QED) is 0.386. The molecule has 1 N–H and O–H groups in total. The molecule has 1 amide bonds. The van der Waals surface area contributed by atoms with E-state index in [1.54, 1.807) is 60.8 Å². The van der Waals surface area contributed by atoms with Crippen molar-refractivity contribution in [3.05, 3.63) is 72.0 Å². The first-order valence-corrected chi connectivity index (χ1v) is 8.78. The van der Waals surface area contributed by atoms with E-state index in [2.05, 4.69) is 16.2 Å². The summed E-state index contributed by atoms with van der Waals surface area (Å²) >= 11 is 0. The van der Waals surface area contributed by atoms with Gasteiger partial charge in [-0.3, -0.25) is 9.79 Å². The molecule has 3 aromatic rings. The molecule has 29 heavy (non-hydrogen) atoms. The predicted molar refractivity (Wildman–Crippen MR) is 111 cm³/mol. The molecule has 2 aromatic carbocycles. The number of amides is 1. The normalized spacial score (nSPS) is 10.5. The van der Waals surface area contributed by atoms with Crippen molar-refractivity contribution in [3.63, 3.8) is 0 Å². The first kappa shape index (κ1) is 19.6.